The quantitative estimate of drug-likeness (QED) is 0.166. The van der Waals surface area contributed by atoms with Crippen molar-refractivity contribution in [2.24, 2.45) is 0 Å². The van der Waals surface area contributed by atoms with Crippen LogP contribution in [-0.2, 0) is 11.3 Å². The summed E-state index contributed by atoms with van der Waals surface area (Å²) in [6.07, 6.45) is 5.38. The van der Waals surface area contributed by atoms with Crippen molar-refractivity contribution in [1.29, 1.82) is 0 Å². The van der Waals surface area contributed by atoms with E-state index < -0.39 is 0 Å². The van der Waals surface area contributed by atoms with Crippen LogP contribution in [0, 0.1) is 0 Å². The molecule has 0 saturated heterocycles. The highest BCUT2D eigenvalue weighted by Crippen LogP contribution is 2.39. The fourth-order valence-electron chi connectivity index (χ4n) is 4.54. The maximum Gasteiger partial charge on any atom is 0.257 e. The van der Waals surface area contributed by atoms with Gasteiger partial charge in [-0.1, -0.05) is 129 Å². The maximum absolute atomic E-state index is 13.5. The number of quaternary nitrogens is 1. The van der Waals surface area contributed by atoms with E-state index in [-0.39, 0.29) is 18.3 Å². The smallest absolute Gasteiger partial charge is 0.257 e. The monoisotopic (exact) mass is 576 g/mol. The first kappa shape index (κ1) is 33.8. The molecule has 0 bridgehead atoms. The molecule has 0 heterocycles. The summed E-state index contributed by atoms with van der Waals surface area (Å²) in [4.78, 5) is 15.2. The molecular weight excluding hydrogens is 536 g/mol. The third kappa shape index (κ3) is 8.78. The summed E-state index contributed by atoms with van der Waals surface area (Å²) in [5.41, 5.74) is 8.26. The highest BCUT2D eigenvalue weighted by Gasteiger charge is 2.24. The summed E-state index contributed by atoms with van der Waals surface area (Å²) in [7, 11) is 6.54. The lowest BCUT2D eigenvalue weighted by Gasteiger charge is -2.28. The molecule has 4 aromatic rings. The first-order valence-electron chi connectivity index (χ1n) is 13.6. The Morgan fingerprint density at radius 1 is 0.738 bits per heavy atom. The fourth-order valence-corrected chi connectivity index (χ4v) is 4.54. The Balaban J connectivity index is 0.000000591. The molecule has 0 spiro atoms. The van der Waals surface area contributed by atoms with Crippen LogP contribution in [0.1, 0.15) is 29.2 Å². The Morgan fingerprint density at radius 2 is 1.33 bits per heavy atom. The molecular formula is C38H41ClN2O. The normalized spacial score (nSPS) is 10.3. The van der Waals surface area contributed by atoms with Crippen LogP contribution in [0.25, 0.3) is 29.4 Å². The van der Waals surface area contributed by atoms with Crippen LogP contribution in [-0.4, -0.2) is 31.5 Å². The van der Waals surface area contributed by atoms with E-state index in [0.717, 1.165) is 44.7 Å². The van der Waals surface area contributed by atoms with Crippen molar-refractivity contribution in [2.75, 3.05) is 26.0 Å². The fraction of sp³-hybridized carbons (Fsp3) is 0.132. The standard InChI is InChI=1S/C30H33N2O.C8H8.ClH/c1-8-24-13-12-16-28(26(24)9-2)31(30(33)22(3)4)29-15-11-10-14-27(29)25-19-17-23(18-20-25)21-32(5,6)7;1-2-8-6-4-3-5-7-8;/h8-20H,1-3,21H2,4-7H3;2-7H,1H2;1H/q+1;;/p-1. The van der Waals surface area contributed by atoms with E-state index in [2.05, 4.69) is 71.7 Å². The summed E-state index contributed by atoms with van der Waals surface area (Å²) in [6.45, 7) is 18.2. The number of para-hydroxylation sites is 1. The molecule has 42 heavy (non-hydrogen) atoms. The third-order valence-corrected chi connectivity index (χ3v) is 6.45. The molecule has 4 rings (SSSR count). The molecule has 0 radical (unpaired) electrons. The van der Waals surface area contributed by atoms with Gasteiger partial charge in [0, 0.05) is 22.3 Å². The number of benzene rings is 4. The van der Waals surface area contributed by atoms with Gasteiger partial charge < -0.3 is 16.9 Å². The predicted molar refractivity (Wildman–Crippen MR) is 179 cm³/mol. The van der Waals surface area contributed by atoms with E-state index in [9.17, 15) is 4.79 Å². The molecule has 0 fully saturated rings. The molecule has 0 aliphatic rings. The maximum atomic E-state index is 13.5. The number of halogens is 1. The largest absolute Gasteiger partial charge is 1.00 e. The lowest BCUT2D eigenvalue weighted by molar-refractivity contribution is -0.884. The van der Waals surface area contributed by atoms with Crippen LogP contribution in [0.5, 0.6) is 0 Å². The Labute approximate surface area is 258 Å². The van der Waals surface area contributed by atoms with Gasteiger partial charge >= 0.3 is 0 Å². The molecule has 0 unspecified atom stereocenters. The Bertz CT molecular complexity index is 1530. The van der Waals surface area contributed by atoms with Crippen LogP contribution < -0.4 is 17.3 Å². The van der Waals surface area contributed by atoms with Crippen molar-refractivity contribution < 1.29 is 21.7 Å². The second kappa shape index (κ2) is 15.5. The third-order valence-electron chi connectivity index (χ3n) is 6.45. The first-order chi connectivity index (χ1) is 19.6. The van der Waals surface area contributed by atoms with E-state index >= 15 is 0 Å². The SMILES string of the molecule is C=Cc1cccc(N(C(=O)C(=C)C)c2ccccc2-c2ccc(C[N+](C)(C)C)cc2)c1C=C.C=Cc1ccccc1.[Cl-]. The van der Waals surface area contributed by atoms with Crippen LogP contribution in [0.15, 0.2) is 129 Å². The van der Waals surface area contributed by atoms with Crippen molar-refractivity contribution in [3.05, 3.63) is 151 Å². The van der Waals surface area contributed by atoms with Gasteiger partial charge in [-0.3, -0.25) is 9.69 Å². The number of carbonyl (C=O) groups is 1. The van der Waals surface area contributed by atoms with Gasteiger partial charge in [0.25, 0.3) is 5.91 Å². The highest BCUT2D eigenvalue weighted by atomic mass is 35.5. The van der Waals surface area contributed by atoms with Gasteiger partial charge in [-0.15, -0.1) is 0 Å². The minimum atomic E-state index is -0.159. The number of hydrogen-bond acceptors (Lipinski definition) is 1. The summed E-state index contributed by atoms with van der Waals surface area (Å²) in [6, 6.07) is 32.4. The van der Waals surface area contributed by atoms with Crippen LogP contribution in [0.2, 0.25) is 0 Å². The summed E-state index contributed by atoms with van der Waals surface area (Å²) in [5.74, 6) is -0.159. The minimum Gasteiger partial charge on any atom is -1.00 e. The number of nitrogens with zero attached hydrogens (tertiary/aromatic N) is 2. The number of hydrogen-bond donors (Lipinski definition) is 0. The van der Waals surface area contributed by atoms with Gasteiger partial charge in [0.05, 0.1) is 32.5 Å². The predicted octanol–water partition coefficient (Wildman–Crippen LogP) is 6.42. The van der Waals surface area contributed by atoms with Crippen molar-refractivity contribution in [1.82, 2.24) is 0 Å². The van der Waals surface area contributed by atoms with Gasteiger partial charge in [0.1, 0.15) is 6.54 Å². The lowest BCUT2D eigenvalue weighted by Crippen LogP contribution is -3.00. The van der Waals surface area contributed by atoms with Crippen molar-refractivity contribution in [3.63, 3.8) is 0 Å². The van der Waals surface area contributed by atoms with E-state index in [0.29, 0.717) is 5.57 Å². The van der Waals surface area contributed by atoms with E-state index in [4.69, 9.17) is 0 Å². The van der Waals surface area contributed by atoms with Gasteiger partial charge in [-0.05, 0) is 35.7 Å². The van der Waals surface area contributed by atoms with Gasteiger partial charge in [-0.2, -0.15) is 0 Å². The molecule has 0 saturated carbocycles. The summed E-state index contributed by atoms with van der Waals surface area (Å²) >= 11 is 0. The second-order valence-electron chi connectivity index (χ2n) is 10.9. The molecule has 0 N–H and O–H groups in total. The van der Waals surface area contributed by atoms with Crippen LogP contribution in [0.3, 0.4) is 0 Å². The number of rotatable bonds is 9. The molecule has 0 aliphatic heterocycles. The molecule has 3 nitrogen and oxygen atoms in total. The van der Waals surface area contributed by atoms with Crippen LogP contribution >= 0.6 is 0 Å². The molecule has 216 valence electrons. The van der Waals surface area contributed by atoms with E-state index in [1.807, 2.05) is 78.9 Å². The topological polar surface area (TPSA) is 20.3 Å². The molecule has 4 aromatic carbocycles. The van der Waals surface area contributed by atoms with Crippen molar-refractivity contribution in [2.45, 2.75) is 13.5 Å². The number of anilines is 2. The molecule has 0 atom stereocenters. The summed E-state index contributed by atoms with van der Waals surface area (Å²) in [5, 5.41) is 0. The first-order valence-corrected chi connectivity index (χ1v) is 13.6. The van der Waals surface area contributed by atoms with Crippen molar-refractivity contribution in [3.8, 4) is 11.1 Å². The molecule has 4 heteroatoms. The minimum absolute atomic E-state index is 0. The highest BCUT2D eigenvalue weighted by molar-refractivity contribution is 6.13. The average Bonchev–Trinajstić information content (AvgIpc) is 2.97. The van der Waals surface area contributed by atoms with Crippen molar-refractivity contribution >= 4 is 35.5 Å². The van der Waals surface area contributed by atoms with Gasteiger partial charge in [-0.25, -0.2) is 0 Å². The zero-order valence-electron chi connectivity index (χ0n) is 25.2. The zero-order valence-corrected chi connectivity index (χ0v) is 25.9. The number of carbonyl (C=O) groups excluding carboxylic acids is 1. The Morgan fingerprint density at radius 3 is 1.86 bits per heavy atom. The van der Waals surface area contributed by atoms with E-state index in [1.165, 1.54) is 11.1 Å². The van der Waals surface area contributed by atoms with E-state index in [1.54, 1.807) is 24.0 Å². The van der Waals surface area contributed by atoms with Crippen LogP contribution in [0.4, 0.5) is 11.4 Å². The Hall–Kier alpha value is -4.44. The lowest BCUT2D eigenvalue weighted by atomic mass is 9.98. The molecule has 0 aliphatic carbocycles. The van der Waals surface area contributed by atoms with Gasteiger partial charge in [0.2, 0.25) is 0 Å². The molecule has 0 aromatic heterocycles. The number of amides is 1. The second-order valence-corrected chi connectivity index (χ2v) is 10.9. The van der Waals surface area contributed by atoms with Gasteiger partial charge in [0.15, 0.2) is 0 Å². The molecule has 1 amide bonds. The average molecular weight is 577 g/mol. The summed E-state index contributed by atoms with van der Waals surface area (Å²) < 4.78 is 0.862. The zero-order chi connectivity index (χ0) is 30.0. The Kier molecular flexibility index (Phi) is 12.5.